The molecule has 18 heavy (non-hydrogen) atoms. The van der Waals surface area contributed by atoms with Crippen LogP contribution in [-0.4, -0.2) is 45.1 Å². The molecule has 6 heteroatoms. The quantitative estimate of drug-likeness (QED) is 0.603. The highest BCUT2D eigenvalue weighted by molar-refractivity contribution is 5.57. The Morgan fingerprint density at radius 1 is 1.33 bits per heavy atom. The van der Waals surface area contributed by atoms with Crippen molar-refractivity contribution in [2.24, 2.45) is 4.99 Å². The van der Waals surface area contributed by atoms with E-state index >= 15 is 0 Å². The summed E-state index contributed by atoms with van der Waals surface area (Å²) in [4.78, 5) is 14.4. The predicted molar refractivity (Wildman–Crippen MR) is 70.4 cm³/mol. The summed E-state index contributed by atoms with van der Waals surface area (Å²) in [6, 6.07) is 3.96. The van der Waals surface area contributed by atoms with Gasteiger partial charge in [0.05, 0.1) is 6.34 Å². The highest BCUT2D eigenvalue weighted by atomic mass is 15.4. The van der Waals surface area contributed by atoms with Crippen molar-refractivity contribution >= 4 is 12.3 Å². The van der Waals surface area contributed by atoms with Crippen LogP contribution in [0.3, 0.4) is 0 Å². The predicted octanol–water partition coefficient (Wildman–Crippen LogP) is 1.45. The highest BCUT2D eigenvalue weighted by Crippen LogP contribution is 2.08. The minimum atomic E-state index is 0.421. The van der Waals surface area contributed by atoms with Crippen LogP contribution in [0.1, 0.15) is 12.5 Å². The Bertz CT molecular complexity index is 526. The minimum absolute atomic E-state index is 0.421. The fourth-order valence-corrected chi connectivity index (χ4v) is 1.35. The molecule has 0 atom stereocenters. The molecule has 0 fully saturated rings. The molecule has 0 bridgehead atoms. The van der Waals surface area contributed by atoms with Crippen LogP contribution in [-0.2, 0) is 6.42 Å². The molecule has 0 spiro atoms. The maximum absolute atomic E-state index is 4.33. The number of nitrogens with zero attached hydrogens (tertiary/aromatic N) is 6. The molecule has 0 radical (unpaired) electrons. The van der Waals surface area contributed by atoms with Gasteiger partial charge in [-0.15, -0.1) is 5.10 Å². The second-order valence-corrected chi connectivity index (χ2v) is 4.08. The lowest BCUT2D eigenvalue weighted by Gasteiger charge is -2.00. The lowest BCUT2D eigenvalue weighted by Crippen LogP contribution is -2.07. The number of aliphatic imine (C=N–C) groups is 1. The summed E-state index contributed by atoms with van der Waals surface area (Å²) >= 11 is 0. The van der Waals surface area contributed by atoms with Gasteiger partial charge < -0.3 is 4.90 Å². The number of rotatable bonds is 4. The van der Waals surface area contributed by atoms with Crippen LogP contribution in [0.4, 0.5) is 5.95 Å². The molecule has 0 aliphatic rings. The number of aryl methyl sites for hydroxylation is 1. The molecule has 0 saturated heterocycles. The van der Waals surface area contributed by atoms with Crippen LogP contribution in [0.25, 0.3) is 5.82 Å². The monoisotopic (exact) mass is 244 g/mol. The second-order valence-electron chi connectivity index (χ2n) is 4.08. The minimum Gasteiger partial charge on any atom is -0.369 e. The average molecular weight is 244 g/mol. The van der Waals surface area contributed by atoms with E-state index in [-0.39, 0.29) is 0 Å². The fourth-order valence-electron chi connectivity index (χ4n) is 1.35. The summed E-state index contributed by atoms with van der Waals surface area (Å²) in [6.07, 6.45) is 6.09. The molecule has 94 valence electrons. The maximum atomic E-state index is 4.33. The Labute approximate surface area is 106 Å². The van der Waals surface area contributed by atoms with Gasteiger partial charge in [-0.1, -0.05) is 13.0 Å². The van der Waals surface area contributed by atoms with Crippen LogP contribution >= 0.6 is 0 Å². The van der Waals surface area contributed by atoms with E-state index in [1.807, 2.05) is 37.3 Å². The van der Waals surface area contributed by atoms with E-state index in [0.717, 1.165) is 12.2 Å². The standard InChI is InChI=1S/C12H16N6/c1-4-10-5-6-11(13-7-10)18-9-15-12(16-18)14-8-17(2)3/h5-9H,4H2,1-3H3/b14-8+. The molecule has 6 nitrogen and oxygen atoms in total. The first kappa shape index (κ1) is 12.2. The van der Waals surface area contributed by atoms with Crippen molar-refractivity contribution in [2.45, 2.75) is 13.3 Å². The molecule has 0 unspecified atom stereocenters. The van der Waals surface area contributed by atoms with Gasteiger partial charge in [-0.2, -0.15) is 4.98 Å². The molecule has 0 aromatic carbocycles. The molecular formula is C12H16N6. The Hall–Kier alpha value is -2.24. The van der Waals surface area contributed by atoms with Crippen molar-refractivity contribution in [3.05, 3.63) is 30.2 Å². The number of pyridine rings is 1. The third-order valence-corrected chi connectivity index (χ3v) is 2.34. The zero-order valence-corrected chi connectivity index (χ0v) is 10.8. The van der Waals surface area contributed by atoms with E-state index in [0.29, 0.717) is 5.95 Å². The van der Waals surface area contributed by atoms with E-state index in [1.54, 1.807) is 17.3 Å². The zero-order chi connectivity index (χ0) is 13.0. The molecular weight excluding hydrogens is 228 g/mol. The molecule has 2 rings (SSSR count). The maximum Gasteiger partial charge on any atom is 0.270 e. The molecule has 0 N–H and O–H groups in total. The summed E-state index contributed by atoms with van der Waals surface area (Å²) in [7, 11) is 3.79. The molecule has 2 aromatic rings. The van der Waals surface area contributed by atoms with Gasteiger partial charge in [-0.3, -0.25) is 0 Å². The Morgan fingerprint density at radius 2 is 2.17 bits per heavy atom. The molecule has 0 aliphatic heterocycles. The number of aromatic nitrogens is 4. The van der Waals surface area contributed by atoms with Crippen molar-refractivity contribution in [1.82, 2.24) is 24.6 Å². The van der Waals surface area contributed by atoms with Crippen LogP contribution in [0, 0.1) is 0 Å². The van der Waals surface area contributed by atoms with E-state index in [2.05, 4.69) is 27.0 Å². The first-order valence-corrected chi connectivity index (χ1v) is 5.76. The van der Waals surface area contributed by atoms with Crippen LogP contribution in [0.5, 0.6) is 0 Å². The van der Waals surface area contributed by atoms with Crippen LogP contribution < -0.4 is 0 Å². The van der Waals surface area contributed by atoms with Gasteiger partial charge in [0.2, 0.25) is 0 Å². The third kappa shape index (κ3) is 2.91. The van der Waals surface area contributed by atoms with E-state index in [1.165, 1.54) is 5.56 Å². The average Bonchev–Trinajstić information content (AvgIpc) is 2.85. The second kappa shape index (κ2) is 5.39. The molecule has 0 aliphatic carbocycles. The Morgan fingerprint density at radius 3 is 2.78 bits per heavy atom. The summed E-state index contributed by atoms with van der Waals surface area (Å²) < 4.78 is 1.61. The third-order valence-electron chi connectivity index (χ3n) is 2.34. The zero-order valence-electron chi connectivity index (χ0n) is 10.8. The lowest BCUT2D eigenvalue weighted by atomic mass is 10.2. The summed E-state index contributed by atoms with van der Waals surface area (Å²) in [6.45, 7) is 2.10. The number of hydrogen-bond donors (Lipinski definition) is 0. The summed E-state index contributed by atoms with van der Waals surface area (Å²) in [5.74, 6) is 1.16. The van der Waals surface area contributed by atoms with Crippen LogP contribution in [0.15, 0.2) is 29.6 Å². The van der Waals surface area contributed by atoms with Gasteiger partial charge >= 0.3 is 0 Å². The number of hydrogen-bond acceptors (Lipinski definition) is 4. The van der Waals surface area contributed by atoms with Gasteiger partial charge in [0.1, 0.15) is 6.33 Å². The highest BCUT2D eigenvalue weighted by Gasteiger charge is 2.02. The van der Waals surface area contributed by atoms with Gasteiger partial charge in [0.15, 0.2) is 5.82 Å². The van der Waals surface area contributed by atoms with Crippen molar-refractivity contribution in [2.75, 3.05) is 14.1 Å². The van der Waals surface area contributed by atoms with Crippen molar-refractivity contribution < 1.29 is 0 Å². The van der Waals surface area contributed by atoms with E-state index in [9.17, 15) is 0 Å². The molecule has 2 heterocycles. The van der Waals surface area contributed by atoms with E-state index in [4.69, 9.17) is 0 Å². The smallest absolute Gasteiger partial charge is 0.270 e. The normalized spacial score (nSPS) is 11.1. The van der Waals surface area contributed by atoms with Gasteiger partial charge in [-0.25, -0.2) is 14.7 Å². The first-order chi connectivity index (χ1) is 8.69. The van der Waals surface area contributed by atoms with Crippen molar-refractivity contribution in [3.8, 4) is 5.82 Å². The molecule has 0 saturated carbocycles. The van der Waals surface area contributed by atoms with Gasteiger partial charge in [0, 0.05) is 20.3 Å². The molecule has 2 aromatic heterocycles. The topological polar surface area (TPSA) is 59.2 Å². The fraction of sp³-hybridized carbons (Fsp3) is 0.333. The lowest BCUT2D eigenvalue weighted by molar-refractivity contribution is 0.642. The Balaban J connectivity index is 2.18. The largest absolute Gasteiger partial charge is 0.369 e. The van der Waals surface area contributed by atoms with E-state index < -0.39 is 0 Å². The van der Waals surface area contributed by atoms with Crippen LogP contribution in [0.2, 0.25) is 0 Å². The van der Waals surface area contributed by atoms with Crippen molar-refractivity contribution in [1.29, 1.82) is 0 Å². The molecule has 0 amide bonds. The van der Waals surface area contributed by atoms with Gasteiger partial charge in [-0.05, 0) is 18.1 Å². The first-order valence-electron chi connectivity index (χ1n) is 5.76. The Kier molecular flexibility index (Phi) is 3.66. The summed E-state index contributed by atoms with van der Waals surface area (Å²) in [5, 5.41) is 4.23. The van der Waals surface area contributed by atoms with Crippen molar-refractivity contribution in [3.63, 3.8) is 0 Å². The SMILES string of the molecule is CCc1ccc(-n2cnc(/N=C/N(C)C)n2)nc1. The summed E-state index contributed by atoms with van der Waals surface area (Å²) in [5.41, 5.74) is 1.20. The van der Waals surface area contributed by atoms with Gasteiger partial charge in [0.25, 0.3) is 5.95 Å².